The number of benzene rings is 1. The smallest absolute Gasteiger partial charge is 0.0576 e. The molecule has 0 aliphatic carbocycles. The number of anilines is 2. The number of nitrogens with one attached hydrogen (secondary N) is 1. The number of nitrogen functional groups attached to an aromatic ring is 1. The van der Waals surface area contributed by atoms with E-state index < -0.39 is 0 Å². The molecule has 4 N–H and O–H groups in total. The fourth-order valence-electron chi connectivity index (χ4n) is 1.72. The zero-order chi connectivity index (χ0) is 12.1. The molecule has 0 aliphatic heterocycles. The number of aryl methyl sites for hydroxylation is 1. The molecule has 0 aliphatic rings. The maximum absolute atomic E-state index is 9.01. The summed E-state index contributed by atoms with van der Waals surface area (Å²) < 4.78 is 0. The van der Waals surface area contributed by atoms with E-state index in [9.17, 15) is 0 Å². The first-order valence-electron chi connectivity index (χ1n) is 5.78. The van der Waals surface area contributed by atoms with Crippen LogP contribution in [0.5, 0.6) is 0 Å². The van der Waals surface area contributed by atoms with Crippen molar-refractivity contribution in [3.05, 3.63) is 23.8 Å². The molecule has 1 rings (SSSR count). The highest BCUT2D eigenvalue weighted by atomic mass is 16.3. The quantitative estimate of drug-likeness (QED) is 0.670. The largest absolute Gasteiger partial charge is 0.397 e. The van der Waals surface area contributed by atoms with Crippen LogP contribution in [0.4, 0.5) is 11.4 Å². The molecule has 0 fully saturated rings. The Bertz CT molecular complexity index is 337. The number of hydrogen-bond donors (Lipinski definition) is 3. The lowest BCUT2D eigenvalue weighted by atomic mass is 10.0. The van der Waals surface area contributed by atoms with E-state index in [1.165, 1.54) is 0 Å². The van der Waals surface area contributed by atoms with E-state index in [1.807, 2.05) is 25.1 Å². The third-order valence-corrected chi connectivity index (χ3v) is 2.79. The van der Waals surface area contributed by atoms with Gasteiger partial charge in [-0.25, -0.2) is 0 Å². The molecule has 3 heteroatoms. The Morgan fingerprint density at radius 2 is 2.06 bits per heavy atom. The minimum absolute atomic E-state index is 0.196. The number of aliphatic hydroxyl groups excluding tert-OH is 1. The van der Waals surface area contributed by atoms with Gasteiger partial charge in [0.15, 0.2) is 0 Å². The average Bonchev–Trinajstić information content (AvgIpc) is 2.20. The molecule has 90 valence electrons. The Balaban J connectivity index is 2.77. The van der Waals surface area contributed by atoms with Crippen LogP contribution in [0.25, 0.3) is 0 Å². The molecular formula is C13H22N2O. The van der Waals surface area contributed by atoms with Gasteiger partial charge < -0.3 is 16.2 Å². The molecule has 0 bridgehead atoms. The van der Waals surface area contributed by atoms with Crippen LogP contribution in [-0.4, -0.2) is 17.8 Å². The summed E-state index contributed by atoms with van der Waals surface area (Å²) in [6.45, 7) is 6.49. The lowest BCUT2D eigenvalue weighted by Crippen LogP contribution is -2.27. The zero-order valence-corrected chi connectivity index (χ0v) is 10.3. The van der Waals surface area contributed by atoms with Crippen molar-refractivity contribution < 1.29 is 5.11 Å². The average molecular weight is 222 g/mol. The molecule has 1 aromatic carbocycles. The first-order valence-corrected chi connectivity index (χ1v) is 5.78. The summed E-state index contributed by atoms with van der Waals surface area (Å²) in [4.78, 5) is 0. The van der Waals surface area contributed by atoms with E-state index in [0.29, 0.717) is 5.92 Å². The Morgan fingerprint density at radius 1 is 1.38 bits per heavy atom. The van der Waals surface area contributed by atoms with Gasteiger partial charge in [-0.15, -0.1) is 0 Å². The summed E-state index contributed by atoms with van der Waals surface area (Å²) in [5, 5.41) is 12.4. The van der Waals surface area contributed by atoms with Crippen LogP contribution in [0.2, 0.25) is 0 Å². The molecule has 0 radical (unpaired) electrons. The van der Waals surface area contributed by atoms with E-state index in [2.05, 4.69) is 19.2 Å². The van der Waals surface area contributed by atoms with Gasteiger partial charge >= 0.3 is 0 Å². The summed E-state index contributed by atoms with van der Waals surface area (Å²) in [7, 11) is 0. The molecular weight excluding hydrogens is 200 g/mol. The molecule has 1 unspecified atom stereocenters. The van der Waals surface area contributed by atoms with Gasteiger partial charge in [0, 0.05) is 12.6 Å². The van der Waals surface area contributed by atoms with Crippen molar-refractivity contribution in [2.45, 2.75) is 33.2 Å². The summed E-state index contributed by atoms with van der Waals surface area (Å²) >= 11 is 0. The lowest BCUT2D eigenvalue weighted by molar-refractivity contribution is 0.267. The molecule has 0 saturated carbocycles. The van der Waals surface area contributed by atoms with Crippen molar-refractivity contribution in [3.63, 3.8) is 0 Å². The zero-order valence-electron chi connectivity index (χ0n) is 10.3. The van der Waals surface area contributed by atoms with Gasteiger partial charge in [-0.1, -0.05) is 19.9 Å². The van der Waals surface area contributed by atoms with Crippen molar-refractivity contribution in [3.8, 4) is 0 Å². The van der Waals surface area contributed by atoms with E-state index in [4.69, 9.17) is 10.8 Å². The van der Waals surface area contributed by atoms with E-state index >= 15 is 0 Å². The Kier molecular flexibility index (Phi) is 4.62. The Hall–Kier alpha value is -1.22. The lowest BCUT2D eigenvalue weighted by Gasteiger charge is -2.23. The van der Waals surface area contributed by atoms with E-state index in [0.717, 1.165) is 23.4 Å². The van der Waals surface area contributed by atoms with Gasteiger partial charge in [0.1, 0.15) is 0 Å². The predicted octanol–water partition coefficient (Wildman–Crippen LogP) is 2.40. The standard InChI is InChI=1S/C13H22N2O/c1-9(2)12(6-7-16)15-13-5-4-10(3)8-11(13)14/h4-5,8-9,12,15-16H,6-7,14H2,1-3H3. The molecule has 1 atom stereocenters. The maximum Gasteiger partial charge on any atom is 0.0576 e. The molecule has 1 aromatic rings. The Morgan fingerprint density at radius 3 is 2.56 bits per heavy atom. The van der Waals surface area contributed by atoms with Gasteiger partial charge in [-0.3, -0.25) is 0 Å². The molecule has 0 spiro atoms. The van der Waals surface area contributed by atoms with Crippen LogP contribution in [-0.2, 0) is 0 Å². The summed E-state index contributed by atoms with van der Waals surface area (Å²) in [5.41, 5.74) is 8.82. The molecule has 16 heavy (non-hydrogen) atoms. The van der Waals surface area contributed by atoms with Crippen LogP contribution in [0.1, 0.15) is 25.8 Å². The van der Waals surface area contributed by atoms with Crippen molar-refractivity contribution in [2.24, 2.45) is 5.92 Å². The molecule has 0 amide bonds. The van der Waals surface area contributed by atoms with Crippen LogP contribution >= 0.6 is 0 Å². The highest BCUT2D eigenvalue weighted by Gasteiger charge is 2.13. The minimum Gasteiger partial charge on any atom is -0.397 e. The van der Waals surface area contributed by atoms with Crippen molar-refractivity contribution in [1.29, 1.82) is 0 Å². The second-order valence-electron chi connectivity index (χ2n) is 4.60. The second kappa shape index (κ2) is 5.75. The number of rotatable bonds is 5. The molecule has 3 nitrogen and oxygen atoms in total. The third-order valence-electron chi connectivity index (χ3n) is 2.79. The third kappa shape index (κ3) is 3.42. The number of hydrogen-bond acceptors (Lipinski definition) is 3. The summed E-state index contributed by atoms with van der Waals surface area (Å²) in [6, 6.07) is 6.25. The SMILES string of the molecule is Cc1ccc(NC(CCO)C(C)C)c(N)c1. The van der Waals surface area contributed by atoms with Crippen LogP contribution in [0.3, 0.4) is 0 Å². The van der Waals surface area contributed by atoms with Gasteiger partial charge in [0.2, 0.25) is 0 Å². The van der Waals surface area contributed by atoms with Crippen molar-refractivity contribution in [1.82, 2.24) is 0 Å². The van der Waals surface area contributed by atoms with Gasteiger partial charge in [-0.2, -0.15) is 0 Å². The number of aliphatic hydroxyl groups is 1. The normalized spacial score (nSPS) is 12.8. The fourth-order valence-corrected chi connectivity index (χ4v) is 1.72. The molecule has 0 heterocycles. The monoisotopic (exact) mass is 222 g/mol. The van der Waals surface area contributed by atoms with Gasteiger partial charge in [-0.05, 0) is 37.0 Å². The highest BCUT2D eigenvalue weighted by molar-refractivity contribution is 5.67. The van der Waals surface area contributed by atoms with Crippen LogP contribution < -0.4 is 11.1 Å². The second-order valence-corrected chi connectivity index (χ2v) is 4.60. The summed E-state index contributed by atoms with van der Waals surface area (Å²) in [5.74, 6) is 0.466. The van der Waals surface area contributed by atoms with Crippen LogP contribution in [0.15, 0.2) is 18.2 Å². The first kappa shape index (κ1) is 12.8. The molecule has 0 saturated heterocycles. The highest BCUT2D eigenvalue weighted by Crippen LogP contribution is 2.22. The van der Waals surface area contributed by atoms with E-state index in [1.54, 1.807) is 0 Å². The van der Waals surface area contributed by atoms with Gasteiger partial charge in [0.25, 0.3) is 0 Å². The topological polar surface area (TPSA) is 58.3 Å². The minimum atomic E-state index is 0.196. The van der Waals surface area contributed by atoms with Gasteiger partial charge in [0.05, 0.1) is 11.4 Å². The van der Waals surface area contributed by atoms with Crippen molar-refractivity contribution in [2.75, 3.05) is 17.7 Å². The van der Waals surface area contributed by atoms with E-state index in [-0.39, 0.29) is 12.6 Å². The number of nitrogens with two attached hydrogens (primary N) is 1. The molecule has 0 aromatic heterocycles. The Labute approximate surface area is 97.7 Å². The fraction of sp³-hybridized carbons (Fsp3) is 0.538. The maximum atomic E-state index is 9.01. The van der Waals surface area contributed by atoms with Crippen LogP contribution in [0, 0.1) is 12.8 Å². The first-order chi connectivity index (χ1) is 7.54. The van der Waals surface area contributed by atoms with Crippen molar-refractivity contribution >= 4 is 11.4 Å². The summed E-state index contributed by atoms with van der Waals surface area (Å²) in [6.07, 6.45) is 0.741. The predicted molar refractivity (Wildman–Crippen MR) is 69.5 cm³/mol.